The monoisotopic (exact) mass is 242 g/mol. The fourth-order valence-electron chi connectivity index (χ4n) is 3.04. The van der Waals surface area contributed by atoms with Crippen molar-refractivity contribution in [3.05, 3.63) is 0 Å². The summed E-state index contributed by atoms with van der Waals surface area (Å²) in [6.07, 6.45) is 5.87. The number of rotatable bonds is 6. The van der Waals surface area contributed by atoms with E-state index in [0.29, 0.717) is 12.0 Å². The van der Waals surface area contributed by atoms with Crippen LogP contribution in [0, 0.1) is 11.8 Å². The Bertz CT molecular complexity index is 208. The van der Waals surface area contributed by atoms with Crippen LogP contribution < -0.4 is 5.73 Å². The molecule has 0 aromatic carbocycles. The maximum atomic E-state index is 9.37. The number of nitrogens with two attached hydrogens (primary N) is 1. The first kappa shape index (κ1) is 14.9. The predicted molar refractivity (Wildman–Crippen MR) is 72.9 cm³/mol. The van der Waals surface area contributed by atoms with Crippen molar-refractivity contribution < 1.29 is 5.11 Å². The van der Waals surface area contributed by atoms with Crippen LogP contribution in [0.3, 0.4) is 0 Å². The molecule has 3 N–H and O–H groups in total. The molecule has 0 radical (unpaired) electrons. The standard InChI is InChI=1S/C14H30N2O/c1-4-12-5-6-13(10-15)14(9-12)16(3)8-7-11(2)17/h11-14,17H,4-10,15H2,1-3H3. The molecule has 1 aliphatic rings. The lowest BCUT2D eigenvalue weighted by Crippen LogP contribution is -2.45. The second kappa shape index (κ2) is 7.34. The Balaban J connectivity index is 2.49. The zero-order valence-corrected chi connectivity index (χ0v) is 11.7. The van der Waals surface area contributed by atoms with Crippen LogP contribution in [0.2, 0.25) is 0 Å². The van der Waals surface area contributed by atoms with E-state index < -0.39 is 0 Å². The molecule has 0 bridgehead atoms. The molecule has 3 nitrogen and oxygen atoms in total. The molecule has 0 heterocycles. The summed E-state index contributed by atoms with van der Waals surface area (Å²) in [5.41, 5.74) is 5.90. The predicted octanol–water partition coefficient (Wildman–Crippen LogP) is 1.84. The Labute approximate surface area is 106 Å². The average molecular weight is 242 g/mol. The number of hydrogen-bond donors (Lipinski definition) is 2. The van der Waals surface area contributed by atoms with Gasteiger partial charge in [0.1, 0.15) is 0 Å². The minimum absolute atomic E-state index is 0.195. The molecule has 0 saturated heterocycles. The van der Waals surface area contributed by atoms with Crippen molar-refractivity contribution in [3.8, 4) is 0 Å². The first-order valence-corrected chi connectivity index (χ1v) is 7.16. The van der Waals surface area contributed by atoms with E-state index in [-0.39, 0.29) is 6.10 Å². The van der Waals surface area contributed by atoms with E-state index in [9.17, 15) is 5.11 Å². The molecular weight excluding hydrogens is 212 g/mol. The van der Waals surface area contributed by atoms with Gasteiger partial charge in [-0.3, -0.25) is 0 Å². The highest BCUT2D eigenvalue weighted by Gasteiger charge is 2.31. The van der Waals surface area contributed by atoms with Gasteiger partial charge in [0.25, 0.3) is 0 Å². The molecule has 4 unspecified atom stereocenters. The Morgan fingerprint density at radius 2 is 2.12 bits per heavy atom. The first-order valence-electron chi connectivity index (χ1n) is 7.16. The van der Waals surface area contributed by atoms with Crippen molar-refractivity contribution >= 4 is 0 Å². The van der Waals surface area contributed by atoms with E-state index in [1.165, 1.54) is 25.7 Å². The van der Waals surface area contributed by atoms with Gasteiger partial charge in [-0.2, -0.15) is 0 Å². The Morgan fingerprint density at radius 3 is 2.65 bits per heavy atom. The Kier molecular flexibility index (Phi) is 6.45. The highest BCUT2D eigenvalue weighted by atomic mass is 16.3. The summed E-state index contributed by atoms with van der Waals surface area (Å²) >= 11 is 0. The van der Waals surface area contributed by atoms with Crippen molar-refractivity contribution in [2.24, 2.45) is 17.6 Å². The van der Waals surface area contributed by atoms with Crippen LogP contribution in [0.1, 0.15) is 46.0 Å². The number of aliphatic hydroxyl groups excluding tert-OH is 1. The molecular formula is C14H30N2O. The molecule has 0 aromatic rings. The molecule has 1 rings (SSSR count). The molecule has 0 aromatic heterocycles. The molecule has 1 aliphatic carbocycles. The summed E-state index contributed by atoms with van der Waals surface area (Å²) in [5, 5.41) is 9.37. The van der Waals surface area contributed by atoms with E-state index in [0.717, 1.165) is 25.4 Å². The van der Waals surface area contributed by atoms with Crippen LogP contribution in [-0.4, -0.2) is 42.3 Å². The van der Waals surface area contributed by atoms with Crippen LogP contribution in [0.5, 0.6) is 0 Å². The van der Waals surface area contributed by atoms with E-state index in [2.05, 4.69) is 18.9 Å². The Hall–Kier alpha value is -0.120. The van der Waals surface area contributed by atoms with E-state index >= 15 is 0 Å². The Morgan fingerprint density at radius 1 is 1.41 bits per heavy atom. The second-order valence-electron chi connectivity index (χ2n) is 5.77. The molecule has 4 atom stereocenters. The zero-order chi connectivity index (χ0) is 12.8. The molecule has 3 heteroatoms. The smallest absolute Gasteiger partial charge is 0.0524 e. The van der Waals surface area contributed by atoms with Gasteiger partial charge in [0.05, 0.1) is 6.10 Å². The molecule has 0 amide bonds. The third-order valence-corrected chi connectivity index (χ3v) is 4.41. The highest BCUT2D eigenvalue weighted by Crippen LogP contribution is 2.33. The molecule has 0 spiro atoms. The van der Waals surface area contributed by atoms with Crippen LogP contribution in [0.15, 0.2) is 0 Å². The maximum absolute atomic E-state index is 9.37. The van der Waals surface area contributed by atoms with E-state index in [1.54, 1.807) is 0 Å². The van der Waals surface area contributed by atoms with Gasteiger partial charge in [-0.15, -0.1) is 0 Å². The van der Waals surface area contributed by atoms with Gasteiger partial charge < -0.3 is 15.7 Å². The van der Waals surface area contributed by atoms with Crippen LogP contribution in [-0.2, 0) is 0 Å². The van der Waals surface area contributed by atoms with Crippen molar-refractivity contribution in [2.45, 2.75) is 58.1 Å². The van der Waals surface area contributed by atoms with Gasteiger partial charge >= 0.3 is 0 Å². The topological polar surface area (TPSA) is 49.5 Å². The number of nitrogens with zero attached hydrogens (tertiary/aromatic N) is 1. The summed E-state index contributed by atoms with van der Waals surface area (Å²) in [6.45, 7) is 5.94. The summed E-state index contributed by atoms with van der Waals surface area (Å²) < 4.78 is 0. The van der Waals surface area contributed by atoms with Gasteiger partial charge in [0.15, 0.2) is 0 Å². The molecule has 1 saturated carbocycles. The van der Waals surface area contributed by atoms with Crippen molar-refractivity contribution in [1.82, 2.24) is 4.90 Å². The minimum Gasteiger partial charge on any atom is -0.393 e. The van der Waals surface area contributed by atoms with Crippen LogP contribution in [0.4, 0.5) is 0 Å². The summed E-state index contributed by atoms with van der Waals surface area (Å²) in [6, 6.07) is 0.623. The van der Waals surface area contributed by atoms with Gasteiger partial charge in [0, 0.05) is 12.6 Å². The third-order valence-electron chi connectivity index (χ3n) is 4.41. The van der Waals surface area contributed by atoms with Crippen molar-refractivity contribution in [3.63, 3.8) is 0 Å². The average Bonchev–Trinajstić information content (AvgIpc) is 2.34. The molecule has 1 fully saturated rings. The largest absolute Gasteiger partial charge is 0.393 e. The quantitative estimate of drug-likeness (QED) is 0.747. The number of hydrogen-bond acceptors (Lipinski definition) is 3. The van der Waals surface area contributed by atoms with Gasteiger partial charge in [-0.05, 0) is 51.6 Å². The van der Waals surface area contributed by atoms with Crippen LogP contribution in [0.25, 0.3) is 0 Å². The second-order valence-corrected chi connectivity index (χ2v) is 5.77. The highest BCUT2D eigenvalue weighted by molar-refractivity contribution is 4.86. The summed E-state index contributed by atoms with van der Waals surface area (Å²) in [4.78, 5) is 2.42. The van der Waals surface area contributed by atoms with Gasteiger partial charge in [0.2, 0.25) is 0 Å². The van der Waals surface area contributed by atoms with Crippen molar-refractivity contribution in [1.29, 1.82) is 0 Å². The molecule has 17 heavy (non-hydrogen) atoms. The first-order chi connectivity index (χ1) is 8.08. The van der Waals surface area contributed by atoms with Gasteiger partial charge in [-0.1, -0.05) is 19.8 Å². The summed E-state index contributed by atoms with van der Waals surface area (Å²) in [7, 11) is 2.19. The van der Waals surface area contributed by atoms with Crippen molar-refractivity contribution in [2.75, 3.05) is 20.1 Å². The van der Waals surface area contributed by atoms with Crippen LogP contribution >= 0.6 is 0 Å². The van der Waals surface area contributed by atoms with E-state index in [1.807, 2.05) is 6.92 Å². The number of aliphatic hydroxyl groups is 1. The lowest BCUT2D eigenvalue weighted by molar-refractivity contribution is 0.0849. The van der Waals surface area contributed by atoms with E-state index in [4.69, 9.17) is 5.73 Å². The maximum Gasteiger partial charge on any atom is 0.0524 e. The lowest BCUT2D eigenvalue weighted by atomic mass is 9.76. The molecule has 0 aliphatic heterocycles. The fourth-order valence-corrected chi connectivity index (χ4v) is 3.04. The zero-order valence-electron chi connectivity index (χ0n) is 11.7. The summed E-state index contributed by atoms with van der Waals surface area (Å²) in [5.74, 6) is 1.52. The third kappa shape index (κ3) is 4.57. The normalized spacial score (nSPS) is 31.8. The minimum atomic E-state index is -0.195. The lowest BCUT2D eigenvalue weighted by Gasteiger charge is -2.41. The SMILES string of the molecule is CCC1CCC(CN)C(N(C)CCC(C)O)C1. The van der Waals surface area contributed by atoms with Gasteiger partial charge in [-0.25, -0.2) is 0 Å². The fraction of sp³-hybridized carbons (Fsp3) is 1.00. The molecule has 102 valence electrons.